The van der Waals surface area contributed by atoms with Crippen LogP contribution in [0.1, 0.15) is 41.4 Å². The van der Waals surface area contributed by atoms with Crippen LogP contribution in [0.2, 0.25) is 5.02 Å². The lowest BCUT2D eigenvalue weighted by molar-refractivity contribution is -0.291. The van der Waals surface area contributed by atoms with E-state index in [4.69, 9.17) is 17.3 Å². The lowest BCUT2D eigenvalue weighted by Gasteiger charge is -2.24. The van der Waals surface area contributed by atoms with E-state index in [-0.39, 0.29) is 34.6 Å². The number of aromatic nitrogens is 2. The number of hydrogen-bond acceptors (Lipinski definition) is 7. The van der Waals surface area contributed by atoms with Crippen LogP contribution in [0, 0.1) is 11.3 Å². The summed E-state index contributed by atoms with van der Waals surface area (Å²) in [6.45, 7) is -2.71. The van der Waals surface area contributed by atoms with Crippen molar-refractivity contribution in [2.75, 3.05) is 0 Å². The molecule has 1 saturated carbocycles. The van der Waals surface area contributed by atoms with E-state index >= 15 is 0 Å². The van der Waals surface area contributed by atoms with Crippen LogP contribution in [-0.4, -0.2) is 51.0 Å². The molecule has 0 unspecified atom stereocenters. The molecular weight excluding hydrogens is 577 g/mol. The van der Waals surface area contributed by atoms with Gasteiger partial charge in [0, 0.05) is 32.0 Å². The maximum Gasteiger partial charge on any atom is 0.459 e. The van der Waals surface area contributed by atoms with E-state index < -0.39 is 53.3 Å². The molecule has 1 fully saturated rings. The maximum atomic E-state index is 14.0. The zero-order valence-electron chi connectivity index (χ0n) is 20.4. The summed E-state index contributed by atoms with van der Waals surface area (Å²) < 4.78 is 96.9. The minimum atomic E-state index is -6.19. The first-order chi connectivity index (χ1) is 18.5. The van der Waals surface area contributed by atoms with Gasteiger partial charge in [-0.15, -0.1) is 0 Å². The monoisotopic (exact) mass is 594 g/mol. The summed E-state index contributed by atoms with van der Waals surface area (Å²) in [5, 5.41) is 12.3. The third-order valence-electron chi connectivity index (χ3n) is 5.75. The van der Waals surface area contributed by atoms with E-state index in [0.29, 0.717) is 4.68 Å². The molecule has 2 N–H and O–H groups in total. The normalized spacial score (nSPS) is 15.3. The number of amides is 2. The van der Waals surface area contributed by atoms with Gasteiger partial charge in [0.1, 0.15) is 5.54 Å². The molecule has 0 aliphatic heterocycles. The Morgan fingerprint density at radius 2 is 1.93 bits per heavy atom. The topological polar surface area (TPSA) is 127 Å². The van der Waals surface area contributed by atoms with E-state index in [2.05, 4.69) is 14.8 Å². The van der Waals surface area contributed by atoms with Gasteiger partial charge in [0.15, 0.2) is 17.3 Å². The Labute approximate surface area is 226 Å². The van der Waals surface area contributed by atoms with Gasteiger partial charge in [-0.05, 0) is 30.5 Å². The van der Waals surface area contributed by atoms with Gasteiger partial charge in [0.2, 0.25) is 5.91 Å². The molecular formula is C23H18ClF7N6O3. The highest BCUT2D eigenvalue weighted by atomic mass is 35.5. The molecule has 0 radical (unpaired) electrons. The first-order valence-electron chi connectivity index (χ1n) is 11.0. The molecule has 1 heterocycles. The van der Waals surface area contributed by atoms with Crippen molar-refractivity contribution in [2.45, 2.75) is 44.0 Å². The fourth-order valence-electron chi connectivity index (χ4n) is 3.65. The molecule has 0 spiro atoms. The highest BCUT2D eigenvalue weighted by Crippen LogP contribution is 2.49. The third kappa shape index (κ3) is 5.60. The number of allylic oxidation sites excluding steroid dienone is 1. The SMILES string of the molecule is CC(=O)N(C(=O)c1cc(C(C=Nc2c(OC(F)F)c(C(F)(F)C(F)(F)F)nn2C)=CN)ccc1Cl)C1(C#N)CC1. The van der Waals surface area contributed by atoms with Crippen LogP contribution in [0.15, 0.2) is 29.4 Å². The molecule has 2 aromatic rings. The maximum absolute atomic E-state index is 14.0. The number of carbonyl (C=O) groups excluding carboxylic acids is 2. The molecule has 0 bridgehead atoms. The lowest BCUT2D eigenvalue weighted by Crippen LogP contribution is -2.44. The zero-order chi connectivity index (χ0) is 30.2. The Bertz CT molecular complexity index is 1440. The highest BCUT2D eigenvalue weighted by molar-refractivity contribution is 6.34. The number of imide groups is 1. The predicted octanol–water partition coefficient (Wildman–Crippen LogP) is 5.08. The Kier molecular flexibility index (Phi) is 8.21. The summed E-state index contributed by atoms with van der Waals surface area (Å²) in [5.41, 5.74) is 1.92. The van der Waals surface area contributed by atoms with Gasteiger partial charge in [-0.1, -0.05) is 17.7 Å². The number of alkyl halides is 7. The number of rotatable bonds is 8. The van der Waals surface area contributed by atoms with Crippen molar-refractivity contribution in [3.63, 3.8) is 0 Å². The fourth-order valence-corrected chi connectivity index (χ4v) is 3.85. The number of hydrogen-bond donors (Lipinski definition) is 1. The van der Waals surface area contributed by atoms with Crippen LogP contribution in [0.5, 0.6) is 5.75 Å². The lowest BCUT2D eigenvalue weighted by atomic mass is 10.0. The molecule has 2 amide bonds. The van der Waals surface area contributed by atoms with Crippen molar-refractivity contribution in [3.8, 4) is 11.8 Å². The van der Waals surface area contributed by atoms with Crippen LogP contribution in [0.3, 0.4) is 0 Å². The molecule has 0 atom stereocenters. The summed E-state index contributed by atoms with van der Waals surface area (Å²) >= 11 is 6.16. The van der Waals surface area contributed by atoms with E-state index in [0.717, 1.165) is 31.3 Å². The average molecular weight is 595 g/mol. The average Bonchev–Trinajstić information content (AvgIpc) is 3.57. The number of ether oxygens (including phenoxy) is 1. The van der Waals surface area contributed by atoms with E-state index in [1.807, 2.05) is 6.07 Å². The van der Waals surface area contributed by atoms with Gasteiger partial charge < -0.3 is 10.5 Å². The highest BCUT2D eigenvalue weighted by Gasteiger charge is 2.62. The van der Waals surface area contributed by atoms with Gasteiger partial charge in [-0.25, -0.2) is 9.67 Å². The van der Waals surface area contributed by atoms with Crippen molar-refractivity contribution >= 4 is 41.0 Å². The van der Waals surface area contributed by atoms with Crippen molar-refractivity contribution in [1.29, 1.82) is 5.26 Å². The Balaban J connectivity index is 2.05. The second-order valence-electron chi connectivity index (χ2n) is 8.45. The molecule has 1 aliphatic rings. The first kappa shape index (κ1) is 30.4. The molecule has 0 saturated heterocycles. The molecule has 40 heavy (non-hydrogen) atoms. The molecule has 1 aliphatic carbocycles. The number of aryl methyl sites for hydroxylation is 1. The van der Waals surface area contributed by atoms with E-state index in [1.165, 1.54) is 18.2 Å². The quantitative estimate of drug-likeness (QED) is 0.336. The smallest absolute Gasteiger partial charge is 0.428 e. The number of nitrogens with two attached hydrogens (primary N) is 1. The van der Waals surface area contributed by atoms with Crippen molar-refractivity contribution in [1.82, 2.24) is 14.7 Å². The molecule has 1 aromatic heterocycles. The molecule has 9 nitrogen and oxygen atoms in total. The van der Waals surface area contributed by atoms with E-state index in [9.17, 15) is 45.6 Å². The van der Waals surface area contributed by atoms with Crippen LogP contribution in [-0.2, 0) is 17.8 Å². The van der Waals surface area contributed by atoms with Crippen LogP contribution >= 0.6 is 11.6 Å². The Hall–Kier alpha value is -4.13. The Morgan fingerprint density at radius 3 is 2.40 bits per heavy atom. The Morgan fingerprint density at radius 1 is 1.30 bits per heavy atom. The van der Waals surface area contributed by atoms with Crippen molar-refractivity contribution < 1.29 is 45.1 Å². The number of nitrogens with zero attached hydrogens (tertiary/aromatic N) is 5. The summed E-state index contributed by atoms with van der Waals surface area (Å²) in [4.78, 5) is 29.8. The standard InChI is InChI=1S/C23H18ClF7N6O3/c1-11(38)37(21(10-33)5-6-21)19(39)14-7-12(3-4-15(14)24)13(8-32)9-34-18-16(40-20(25)26)17(35-36(18)2)22(27,28)23(29,30)31/h3-4,7-9,20H,5-6,32H2,1-2H3. The predicted molar refractivity (Wildman–Crippen MR) is 126 cm³/mol. The second-order valence-corrected chi connectivity index (χ2v) is 8.86. The fraction of sp³-hybridized carbons (Fsp3) is 0.348. The number of nitriles is 1. The number of aliphatic imine (C=N–C) groups is 1. The second kappa shape index (κ2) is 10.8. The minimum absolute atomic E-state index is 0.0867. The molecule has 1 aromatic carbocycles. The zero-order valence-corrected chi connectivity index (χ0v) is 21.2. The van der Waals surface area contributed by atoms with Gasteiger partial charge in [0.05, 0.1) is 16.7 Å². The van der Waals surface area contributed by atoms with E-state index in [1.54, 1.807) is 0 Å². The van der Waals surface area contributed by atoms with Gasteiger partial charge in [-0.3, -0.25) is 14.5 Å². The largest absolute Gasteiger partial charge is 0.459 e. The van der Waals surface area contributed by atoms with Crippen molar-refractivity contribution in [2.24, 2.45) is 17.8 Å². The number of carbonyl (C=O) groups is 2. The van der Waals surface area contributed by atoms with Gasteiger partial charge >= 0.3 is 18.7 Å². The number of benzene rings is 1. The third-order valence-corrected chi connectivity index (χ3v) is 6.08. The summed E-state index contributed by atoms with van der Waals surface area (Å²) in [6.07, 6.45) is -3.96. The van der Waals surface area contributed by atoms with Crippen LogP contribution in [0.4, 0.5) is 36.6 Å². The first-order valence-corrected chi connectivity index (χ1v) is 11.4. The molecule has 214 valence electrons. The van der Waals surface area contributed by atoms with Crippen molar-refractivity contribution in [3.05, 3.63) is 46.2 Å². The number of halogens is 8. The summed E-state index contributed by atoms with van der Waals surface area (Å²) in [6, 6.07) is 5.66. The van der Waals surface area contributed by atoms with Gasteiger partial charge in [-0.2, -0.15) is 41.1 Å². The minimum Gasteiger partial charge on any atom is -0.428 e. The van der Waals surface area contributed by atoms with Crippen LogP contribution in [0.25, 0.3) is 5.57 Å². The molecule has 3 rings (SSSR count). The van der Waals surface area contributed by atoms with Crippen LogP contribution < -0.4 is 10.5 Å². The molecule has 17 heteroatoms. The summed E-state index contributed by atoms with van der Waals surface area (Å²) in [5.74, 6) is -9.83. The summed E-state index contributed by atoms with van der Waals surface area (Å²) in [7, 11) is 0.866. The van der Waals surface area contributed by atoms with Gasteiger partial charge in [0.25, 0.3) is 5.91 Å².